The lowest BCUT2D eigenvalue weighted by Gasteiger charge is -2.42. The minimum atomic E-state index is -0.842. The number of non-ortho nitro benzene ring substituents is 1. The number of Topliss-reactive ketones (excluding diaryl/α,β-unsaturated/α-hetero) is 1. The van der Waals surface area contributed by atoms with Crippen LogP contribution in [0.25, 0.3) is 0 Å². The van der Waals surface area contributed by atoms with Crippen LogP contribution in [-0.4, -0.2) is 40.5 Å². The molecule has 2 aromatic rings. The summed E-state index contributed by atoms with van der Waals surface area (Å²) >= 11 is 0. The number of benzene rings is 2. The minimum absolute atomic E-state index is 0.0831. The Kier molecular flexibility index (Phi) is 5.79. The summed E-state index contributed by atoms with van der Waals surface area (Å²) in [6, 6.07) is 10.0. The number of amides is 2. The van der Waals surface area contributed by atoms with Crippen molar-refractivity contribution in [1.82, 2.24) is 0 Å². The highest BCUT2D eigenvalue weighted by Crippen LogP contribution is 2.56. The standard InChI is InChI=1S/C30H24N2O8/c1-14-10-24(34)22-13-20-18(25(27(22)28(14)35)21-12-17(40-2)6-9-23(21)33)7-8-19-26(20)30(37)31(29(19)36)15-4-3-5-16(11-15)32(38)39/h3-7,9-12,19-20,25-26,33H,8,13H2,1-2H3. The average molecular weight is 541 g/mol. The third-order valence-electron chi connectivity index (χ3n) is 8.41. The maximum Gasteiger partial charge on any atom is 0.271 e. The number of nitro groups is 1. The SMILES string of the molecule is COc1ccc(O)c(C2C3=CCC4C(=O)N(c5cccc([N+](=O)[O-])c5)C(=O)C4C3CC3=C2C(=O)C(C)=CC3=O)c1. The van der Waals surface area contributed by atoms with E-state index in [1.54, 1.807) is 19.1 Å². The number of imide groups is 1. The fourth-order valence-electron chi connectivity index (χ4n) is 6.61. The number of fused-ring (bicyclic) bond motifs is 3. The monoisotopic (exact) mass is 540 g/mol. The second-order valence-electron chi connectivity index (χ2n) is 10.4. The highest BCUT2D eigenvalue weighted by Gasteiger charge is 2.57. The van der Waals surface area contributed by atoms with Crippen LogP contribution in [0.4, 0.5) is 11.4 Å². The van der Waals surface area contributed by atoms with Gasteiger partial charge in [-0.15, -0.1) is 0 Å². The van der Waals surface area contributed by atoms with Crippen LogP contribution in [0.2, 0.25) is 0 Å². The molecule has 1 aliphatic heterocycles. The number of nitro benzene ring substituents is 1. The lowest BCUT2D eigenvalue weighted by Crippen LogP contribution is -2.39. The second-order valence-corrected chi connectivity index (χ2v) is 10.4. The molecule has 1 saturated heterocycles. The average Bonchev–Trinajstić information content (AvgIpc) is 3.20. The zero-order valence-corrected chi connectivity index (χ0v) is 21.6. The number of hydrogen-bond acceptors (Lipinski definition) is 8. The summed E-state index contributed by atoms with van der Waals surface area (Å²) in [4.78, 5) is 65.9. The van der Waals surface area contributed by atoms with Crippen molar-refractivity contribution in [2.45, 2.75) is 25.7 Å². The van der Waals surface area contributed by atoms with Gasteiger partial charge in [0.2, 0.25) is 11.8 Å². The van der Waals surface area contributed by atoms with Crippen molar-refractivity contribution in [2.75, 3.05) is 12.0 Å². The first-order valence-corrected chi connectivity index (χ1v) is 12.8. The van der Waals surface area contributed by atoms with Gasteiger partial charge < -0.3 is 9.84 Å². The number of rotatable bonds is 4. The van der Waals surface area contributed by atoms with Gasteiger partial charge in [0.15, 0.2) is 11.6 Å². The molecule has 4 unspecified atom stereocenters. The Balaban J connectivity index is 1.49. The van der Waals surface area contributed by atoms with E-state index in [0.717, 1.165) is 4.90 Å². The molecule has 0 spiro atoms. The smallest absolute Gasteiger partial charge is 0.271 e. The molecule has 4 atom stereocenters. The molecule has 40 heavy (non-hydrogen) atoms. The van der Waals surface area contributed by atoms with Gasteiger partial charge in [-0.1, -0.05) is 17.7 Å². The first-order valence-electron chi connectivity index (χ1n) is 12.8. The summed E-state index contributed by atoms with van der Waals surface area (Å²) in [6.45, 7) is 1.57. The van der Waals surface area contributed by atoms with Crippen LogP contribution in [0.1, 0.15) is 31.2 Å². The lowest BCUT2D eigenvalue weighted by molar-refractivity contribution is -0.384. The van der Waals surface area contributed by atoms with E-state index in [0.29, 0.717) is 16.9 Å². The third-order valence-corrected chi connectivity index (χ3v) is 8.41. The zero-order chi connectivity index (χ0) is 28.5. The van der Waals surface area contributed by atoms with Crippen LogP contribution >= 0.6 is 0 Å². The van der Waals surface area contributed by atoms with E-state index in [9.17, 15) is 34.4 Å². The maximum absolute atomic E-state index is 13.9. The van der Waals surface area contributed by atoms with Crippen LogP contribution < -0.4 is 9.64 Å². The van der Waals surface area contributed by atoms with E-state index < -0.39 is 40.4 Å². The molecular formula is C30H24N2O8. The number of carbonyl (C=O) groups is 4. The van der Waals surface area contributed by atoms with Crippen molar-refractivity contribution in [1.29, 1.82) is 0 Å². The quantitative estimate of drug-likeness (QED) is 0.202. The van der Waals surface area contributed by atoms with Gasteiger partial charge in [-0.2, -0.15) is 0 Å². The van der Waals surface area contributed by atoms with Crippen molar-refractivity contribution >= 4 is 34.8 Å². The largest absolute Gasteiger partial charge is 0.508 e. The van der Waals surface area contributed by atoms with Crippen molar-refractivity contribution < 1.29 is 33.9 Å². The van der Waals surface area contributed by atoms with Gasteiger partial charge in [-0.05, 0) is 56.0 Å². The van der Waals surface area contributed by atoms with E-state index in [2.05, 4.69) is 0 Å². The van der Waals surface area contributed by atoms with E-state index in [1.165, 1.54) is 43.5 Å². The topological polar surface area (TPSA) is 144 Å². The Hall–Kier alpha value is -4.86. The van der Waals surface area contributed by atoms with E-state index in [1.807, 2.05) is 6.08 Å². The summed E-state index contributed by atoms with van der Waals surface area (Å²) in [5, 5.41) is 22.3. The molecule has 0 aromatic heterocycles. The summed E-state index contributed by atoms with van der Waals surface area (Å²) in [7, 11) is 1.47. The van der Waals surface area contributed by atoms with Gasteiger partial charge in [0.1, 0.15) is 11.5 Å². The molecule has 1 N–H and O–H groups in total. The van der Waals surface area contributed by atoms with Crippen LogP contribution in [0.3, 0.4) is 0 Å². The Bertz CT molecular complexity index is 1650. The number of ketones is 2. The van der Waals surface area contributed by atoms with Crippen LogP contribution in [0, 0.1) is 27.9 Å². The van der Waals surface area contributed by atoms with Gasteiger partial charge in [0, 0.05) is 40.3 Å². The van der Waals surface area contributed by atoms with Gasteiger partial charge in [0.25, 0.3) is 5.69 Å². The number of methoxy groups -OCH3 is 1. The van der Waals surface area contributed by atoms with E-state index in [-0.39, 0.29) is 58.3 Å². The first-order chi connectivity index (χ1) is 19.1. The third kappa shape index (κ3) is 3.63. The summed E-state index contributed by atoms with van der Waals surface area (Å²) in [5.74, 6) is -4.27. The lowest BCUT2D eigenvalue weighted by atomic mass is 9.59. The van der Waals surface area contributed by atoms with Gasteiger partial charge in [-0.3, -0.25) is 29.3 Å². The molecule has 2 amide bonds. The minimum Gasteiger partial charge on any atom is -0.508 e. The van der Waals surface area contributed by atoms with Crippen LogP contribution in [0.15, 0.2) is 76.9 Å². The van der Waals surface area contributed by atoms with Crippen molar-refractivity contribution in [3.05, 3.63) is 92.6 Å². The fraction of sp³-hybridized carbons (Fsp3) is 0.267. The van der Waals surface area contributed by atoms with Crippen molar-refractivity contribution in [2.24, 2.45) is 17.8 Å². The first kappa shape index (κ1) is 25.4. The van der Waals surface area contributed by atoms with Gasteiger partial charge in [0.05, 0.1) is 29.6 Å². The number of carbonyl (C=O) groups excluding carboxylic acids is 4. The van der Waals surface area contributed by atoms with Gasteiger partial charge in [-0.25, -0.2) is 4.90 Å². The molecule has 0 bridgehead atoms. The summed E-state index contributed by atoms with van der Waals surface area (Å²) in [6.07, 6.45) is 3.41. The summed E-state index contributed by atoms with van der Waals surface area (Å²) in [5.41, 5.74) is 1.72. The molecule has 3 aliphatic carbocycles. The van der Waals surface area contributed by atoms with Crippen LogP contribution in [0.5, 0.6) is 11.5 Å². The van der Waals surface area contributed by atoms with E-state index >= 15 is 0 Å². The Labute approximate surface area is 228 Å². The maximum atomic E-state index is 13.9. The Morgan fingerprint density at radius 2 is 1.82 bits per heavy atom. The highest BCUT2D eigenvalue weighted by molar-refractivity contribution is 6.25. The highest BCUT2D eigenvalue weighted by atomic mass is 16.6. The van der Waals surface area contributed by atoms with Gasteiger partial charge >= 0.3 is 0 Å². The molecule has 10 nitrogen and oxygen atoms in total. The molecule has 4 aliphatic rings. The number of phenolic OH excluding ortho intramolecular Hbond substituents is 1. The fourth-order valence-corrected chi connectivity index (χ4v) is 6.61. The van der Waals surface area contributed by atoms with Crippen molar-refractivity contribution in [3.8, 4) is 11.5 Å². The summed E-state index contributed by atoms with van der Waals surface area (Å²) < 4.78 is 5.37. The predicted molar refractivity (Wildman–Crippen MR) is 142 cm³/mol. The number of hydrogen-bond donors (Lipinski definition) is 1. The number of aromatic hydroxyl groups is 1. The number of phenols is 1. The number of anilines is 1. The van der Waals surface area contributed by atoms with Crippen LogP contribution in [-0.2, 0) is 19.2 Å². The number of allylic oxidation sites excluding steroid dienone is 6. The Morgan fingerprint density at radius 1 is 1.05 bits per heavy atom. The molecule has 2 aromatic carbocycles. The molecule has 1 heterocycles. The molecular weight excluding hydrogens is 516 g/mol. The molecule has 6 rings (SSSR count). The zero-order valence-electron chi connectivity index (χ0n) is 21.6. The molecule has 0 saturated carbocycles. The predicted octanol–water partition coefficient (Wildman–Crippen LogP) is 3.94. The normalized spacial score (nSPS) is 25.7. The molecule has 202 valence electrons. The second kappa shape index (κ2) is 9.11. The molecule has 10 heteroatoms. The van der Waals surface area contributed by atoms with Crippen molar-refractivity contribution in [3.63, 3.8) is 0 Å². The molecule has 0 radical (unpaired) electrons. The number of ether oxygens (including phenoxy) is 1. The van der Waals surface area contributed by atoms with E-state index in [4.69, 9.17) is 4.74 Å². The Morgan fingerprint density at radius 3 is 2.55 bits per heavy atom. The molecule has 1 fully saturated rings. The number of nitrogens with zero attached hydrogens (tertiary/aromatic N) is 2.